The molecule has 1 aromatic rings. The van der Waals surface area contributed by atoms with Crippen LogP contribution >= 0.6 is 11.6 Å². The number of nitrogens with one attached hydrogen (secondary N) is 1. The van der Waals surface area contributed by atoms with Crippen molar-refractivity contribution in [3.8, 4) is 0 Å². The number of nitrogens with zero attached hydrogens (tertiary/aromatic N) is 3. The van der Waals surface area contributed by atoms with Gasteiger partial charge in [-0.2, -0.15) is 0 Å². The Labute approximate surface area is 113 Å². The van der Waals surface area contributed by atoms with Crippen molar-refractivity contribution < 1.29 is 4.74 Å². The van der Waals surface area contributed by atoms with E-state index in [1.54, 1.807) is 0 Å². The summed E-state index contributed by atoms with van der Waals surface area (Å²) in [6.45, 7) is 7.68. The van der Waals surface area contributed by atoms with Crippen LogP contribution in [0.15, 0.2) is 6.07 Å². The molecule has 1 aliphatic heterocycles. The van der Waals surface area contributed by atoms with Crippen LogP contribution in [0.5, 0.6) is 0 Å². The fourth-order valence-corrected chi connectivity index (χ4v) is 2.19. The number of hydrogen-bond donors (Lipinski definition) is 1. The third kappa shape index (κ3) is 4.40. The molecule has 0 amide bonds. The molecular formula is C12H19ClN4O. The second-order valence-electron chi connectivity index (χ2n) is 4.40. The van der Waals surface area contributed by atoms with E-state index in [4.69, 9.17) is 16.3 Å². The van der Waals surface area contributed by atoms with Gasteiger partial charge in [0, 0.05) is 31.4 Å². The van der Waals surface area contributed by atoms with Crippen molar-refractivity contribution in [1.82, 2.24) is 14.9 Å². The van der Waals surface area contributed by atoms with Gasteiger partial charge in [0.05, 0.1) is 13.2 Å². The van der Waals surface area contributed by atoms with Crippen LogP contribution in [0.2, 0.25) is 5.28 Å². The van der Waals surface area contributed by atoms with Gasteiger partial charge in [0.1, 0.15) is 5.82 Å². The summed E-state index contributed by atoms with van der Waals surface area (Å²) in [4.78, 5) is 10.6. The molecule has 0 atom stereocenters. The van der Waals surface area contributed by atoms with E-state index in [2.05, 4.69) is 20.2 Å². The molecule has 2 heterocycles. The lowest BCUT2D eigenvalue weighted by Gasteiger charge is -2.26. The van der Waals surface area contributed by atoms with Crippen LogP contribution in [0.3, 0.4) is 0 Å². The van der Waals surface area contributed by atoms with E-state index in [1.165, 1.54) is 0 Å². The second-order valence-corrected chi connectivity index (χ2v) is 4.74. The highest BCUT2D eigenvalue weighted by Gasteiger charge is 2.09. The molecule has 1 saturated heterocycles. The minimum atomic E-state index is 0.297. The summed E-state index contributed by atoms with van der Waals surface area (Å²) in [5.41, 5.74) is 0.880. The zero-order valence-electron chi connectivity index (χ0n) is 10.7. The minimum Gasteiger partial charge on any atom is -0.379 e. The van der Waals surface area contributed by atoms with Crippen molar-refractivity contribution in [1.29, 1.82) is 0 Å². The average Bonchev–Trinajstić information content (AvgIpc) is 2.35. The first kappa shape index (κ1) is 13.5. The van der Waals surface area contributed by atoms with E-state index in [9.17, 15) is 0 Å². The number of aryl methyl sites for hydroxylation is 1. The molecule has 1 fully saturated rings. The van der Waals surface area contributed by atoms with Crippen LogP contribution in [-0.4, -0.2) is 54.3 Å². The number of hydrogen-bond acceptors (Lipinski definition) is 5. The topological polar surface area (TPSA) is 50.3 Å². The summed E-state index contributed by atoms with van der Waals surface area (Å²) in [5.74, 6) is 0.800. The van der Waals surface area contributed by atoms with E-state index in [1.807, 2.05) is 13.0 Å². The molecule has 1 N–H and O–H groups in total. The van der Waals surface area contributed by atoms with Gasteiger partial charge in [-0.1, -0.05) is 0 Å². The summed E-state index contributed by atoms with van der Waals surface area (Å²) in [5, 5.41) is 3.57. The predicted octanol–water partition coefficient (Wildman–Crippen LogP) is 1.57. The Hall–Kier alpha value is -0.910. The maximum Gasteiger partial charge on any atom is 0.224 e. The predicted molar refractivity (Wildman–Crippen MR) is 72.1 cm³/mol. The Morgan fingerprint density at radius 2 is 2.17 bits per heavy atom. The van der Waals surface area contributed by atoms with E-state index in [-0.39, 0.29) is 0 Å². The molecule has 1 aromatic heterocycles. The summed E-state index contributed by atoms with van der Waals surface area (Å²) in [6.07, 6.45) is 1.08. The lowest BCUT2D eigenvalue weighted by molar-refractivity contribution is 0.0378. The zero-order valence-corrected chi connectivity index (χ0v) is 11.4. The number of ether oxygens (including phenoxy) is 1. The molecule has 2 rings (SSSR count). The van der Waals surface area contributed by atoms with Gasteiger partial charge in [-0.15, -0.1) is 0 Å². The van der Waals surface area contributed by atoms with Gasteiger partial charge in [0.2, 0.25) is 5.28 Å². The molecule has 0 spiro atoms. The summed E-state index contributed by atoms with van der Waals surface area (Å²) >= 11 is 5.80. The monoisotopic (exact) mass is 270 g/mol. The third-order valence-electron chi connectivity index (χ3n) is 2.89. The molecule has 100 valence electrons. The van der Waals surface area contributed by atoms with Crippen LogP contribution in [-0.2, 0) is 4.74 Å². The molecule has 1 aliphatic rings. The Morgan fingerprint density at radius 3 is 2.89 bits per heavy atom. The SMILES string of the molecule is Cc1cc(NCCCN2CCOCC2)nc(Cl)n1. The van der Waals surface area contributed by atoms with Crippen molar-refractivity contribution in [2.24, 2.45) is 0 Å². The molecule has 0 bridgehead atoms. The third-order valence-corrected chi connectivity index (χ3v) is 3.06. The quantitative estimate of drug-likeness (QED) is 0.650. The maximum atomic E-state index is 5.80. The number of anilines is 1. The second kappa shape index (κ2) is 6.87. The molecule has 0 aliphatic carbocycles. The molecule has 0 radical (unpaired) electrons. The average molecular weight is 271 g/mol. The number of aromatic nitrogens is 2. The summed E-state index contributed by atoms with van der Waals surface area (Å²) < 4.78 is 5.31. The first-order valence-corrected chi connectivity index (χ1v) is 6.67. The van der Waals surface area contributed by atoms with Gasteiger partial charge < -0.3 is 10.1 Å². The molecule has 6 heteroatoms. The lowest BCUT2D eigenvalue weighted by atomic mass is 10.3. The summed E-state index contributed by atoms with van der Waals surface area (Å²) in [6, 6.07) is 1.90. The Kier molecular flexibility index (Phi) is 5.16. The Balaban J connectivity index is 1.68. The van der Waals surface area contributed by atoms with Gasteiger partial charge in [0.25, 0.3) is 0 Å². The highest BCUT2D eigenvalue weighted by Crippen LogP contribution is 2.09. The molecular weight excluding hydrogens is 252 g/mol. The van der Waals surface area contributed by atoms with Gasteiger partial charge in [0.15, 0.2) is 0 Å². The standard InChI is InChI=1S/C12H19ClN4O/c1-10-9-11(16-12(13)15-10)14-3-2-4-17-5-7-18-8-6-17/h9H,2-8H2,1H3,(H,14,15,16). The van der Waals surface area contributed by atoms with E-state index < -0.39 is 0 Å². The van der Waals surface area contributed by atoms with E-state index >= 15 is 0 Å². The highest BCUT2D eigenvalue weighted by atomic mass is 35.5. The van der Waals surface area contributed by atoms with Gasteiger partial charge in [-0.25, -0.2) is 9.97 Å². The first-order chi connectivity index (χ1) is 8.74. The zero-order chi connectivity index (χ0) is 12.8. The summed E-state index contributed by atoms with van der Waals surface area (Å²) in [7, 11) is 0. The number of halogens is 1. The van der Waals surface area contributed by atoms with Crippen LogP contribution in [0.4, 0.5) is 5.82 Å². The highest BCUT2D eigenvalue weighted by molar-refractivity contribution is 6.28. The van der Waals surface area contributed by atoms with E-state index in [0.29, 0.717) is 5.28 Å². The van der Waals surface area contributed by atoms with Crippen molar-refractivity contribution in [2.75, 3.05) is 44.7 Å². The normalized spacial score (nSPS) is 16.8. The number of morpholine rings is 1. The number of rotatable bonds is 5. The van der Waals surface area contributed by atoms with Crippen molar-refractivity contribution in [3.05, 3.63) is 17.0 Å². The van der Waals surface area contributed by atoms with Crippen molar-refractivity contribution in [3.63, 3.8) is 0 Å². The smallest absolute Gasteiger partial charge is 0.224 e. The lowest BCUT2D eigenvalue weighted by Crippen LogP contribution is -2.37. The molecule has 5 nitrogen and oxygen atoms in total. The van der Waals surface area contributed by atoms with Gasteiger partial charge >= 0.3 is 0 Å². The molecule has 0 unspecified atom stereocenters. The van der Waals surface area contributed by atoms with Crippen LogP contribution < -0.4 is 5.32 Å². The Bertz CT molecular complexity index is 362. The minimum absolute atomic E-state index is 0.297. The van der Waals surface area contributed by atoms with Crippen LogP contribution in [0.1, 0.15) is 12.1 Å². The molecule has 18 heavy (non-hydrogen) atoms. The largest absolute Gasteiger partial charge is 0.379 e. The molecule has 0 aromatic carbocycles. The fourth-order valence-electron chi connectivity index (χ4n) is 1.97. The van der Waals surface area contributed by atoms with Crippen LogP contribution in [0.25, 0.3) is 0 Å². The van der Waals surface area contributed by atoms with Crippen LogP contribution in [0, 0.1) is 6.92 Å². The first-order valence-electron chi connectivity index (χ1n) is 6.29. The fraction of sp³-hybridized carbons (Fsp3) is 0.667. The van der Waals surface area contributed by atoms with Gasteiger partial charge in [-0.05, 0) is 31.5 Å². The van der Waals surface area contributed by atoms with Crippen molar-refractivity contribution in [2.45, 2.75) is 13.3 Å². The molecule has 0 saturated carbocycles. The van der Waals surface area contributed by atoms with Crippen molar-refractivity contribution >= 4 is 17.4 Å². The van der Waals surface area contributed by atoms with Gasteiger partial charge in [-0.3, -0.25) is 4.90 Å². The Morgan fingerprint density at radius 1 is 1.39 bits per heavy atom. The van der Waals surface area contributed by atoms with E-state index in [0.717, 1.165) is 57.3 Å². The maximum absolute atomic E-state index is 5.80.